The van der Waals surface area contributed by atoms with Crippen LogP contribution in [0, 0.1) is 21.4 Å². The second kappa shape index (κ2) is 7.13. The lowest BCUT2D eigenvalue weighted by Crippen LogP contribution is -2.10. The highest BCUT2D eigenvalue weighted by Gasteiger charge is 2.13. The van der Waals surface area contributed by atoms with Crippen LogP contribution in [0.4, 0.5) is 11.4 Å². The van der Waals surface area contributed by atoms with Crippen molar-refractivity contribution in [3.63, 3.8) is 0 Å². The van der Waals surface area contributed by atoms with Crippen LogP contribution >= 0.6 is 0 Å². The van der Waals surface area contributed by atoms with Crippen molar-refractivity contribution in [3.8, 4) is 6.07 Å². The molecule has 0 aliphatic carbocycles. The zero-order valence-corrected chi connectivity index (χ0v) is 10.7. The van der Waals surface area contributed by atoms with Crippen molar-refractivity contribution in [2.75, 3.05) is 25.1 Å². The monoisotopic (exact) mass is 261 g/mol. The number of hydrogen-bond donors (Lipinski definition) is 1. The number of benzene rings is 1. The number of rotatable bonds is 7. The number of nitrogens with one attached hydrogen (secondary N) is 1. The molecule has 6 heteroatoms. The van der Waals surface area contributed by atoms with Crippen LogP contribution in [0.2, 0.25) is 0 Å². The average Bonchev–Trinajstić information content (AvgIpc) is 2.37. The maximum atomic E-state index is 10.8. The van der Waals surface area contributed by atoms with E-state index in [4.69, 9.17) is 10.00 Å². The van der Waals surface area contributed by atoms with Crippen LogP contribution in [0.5, 0.6) is 0 Å². The summed E-state index contributed by atoms with van der Waals surface area (Å²) >= 11 is 0. The molecule has 100 valence electrons. The smallest absolute Gasteiger partial charge is 0.289 e. The lowest BCUT2D eigenvalue weighted by molar-refractivity contribution is -0.385. The van der Waals surface area contributed by atoms with Gasteiger partial charge < -0.3 is 10.1 Å². The van der Waals surface area contributed by atoms with Crippen molar-refractivity contribution in [1.82, 2.24) is 0 Å². The van der Waals surface area contributed by atoms with Gasteiger partial charge in [-0.1, -0.05) is 12.2 Å². The first-order chi connectivity index (χ1) is 9.04. The summed E-state index contributed by atoms with van der Waals surface area (Å²) in [5.74, 6) is 0. The normalized spacial score (nSPS) is 9.68. The fourth-order valence-electron chi connectivity index (χ4n) is 1.40. The molecule has 0 saturated heterocycles. The van der Waals surface area contributed by atoms with Gasteiger partial charge in [-0.05, 0) is 19.1 Å². The number of anilines is 1. The van der Waals surface area contributed by atoms with E-state index < -0.39 is 4.92 Å². The van der Waals surface area contributed by atoms with Gasteiger partial charge in [0.2, 0.25) is 0 Å². The fraction of sp³-hybridized carbons (Fsp3) is 0.308. The lowest BCUT2D eigenvalue weighted by Gasteiger charge is -2.07. The maximum Gasteiger partial charge on any atom is 0.289 e. The van der Waals surface area contributed by atoms with E-state index in [2.05, 4.69) is 11.9 Å². The third-order valence-electron chi connectivity index (χ3n) is 2.24. The van der Waals surface area contributed by atoms with Crippen LogP contribution in [-0.2, 0) is 4.74 Å². The van der Waals surface area contributed by atoms with E-state index in [9.17, 15) is 10.1 Å². The Bertz CT molecular complexity index is 520. The number of nitrogens with zero attached hydrogens (tertiary/aromatic N) is 2. The van der Waals surface area contributed by atoms with Crippen molar-refractivity contribution in [2.45, 2.75) is 6.92 Å². The van der Waals surface area contributed by atoms with Crippen molar-refractivity contribution < 1.29 is 9.66 Å². The molecule has 0 bridgehead atoms. The lowest BCUT2D eigenvalue weighted by atomic mass is 10.2. The van der Waals surface area contributed by atoms with E-state index in [-0.39, 0.29) is 11.3 Å². The molecule has 0 radical (unpaired) electrons. The standard InChI is InChI=1S/C13H15N3O3/c1-10(2)9-19-6-5-15-12-4-3-11(8-14)13(7-12)16(17)18/h3-4,7,15H,1,5-6,9H2,2H3. The molecule has 0 saturated carbocycles. The molecule has 0 fully saturated rings. The van der Waals surface area contributed by atoms with Crippen molar-refractivity contribution in [1.29, 1.82) is 5.26 Å². The summed E-state index contributed by atoms with van der Waals surface area (Å²) in [6.07, 6.45) is 0. The minimum atomic E-state index is -0.568. The van der Waals surface area contributed by atoms with Crippen LogP contribution in [0.3, 0.4) is 0 Å². The molecule has 6 nitrogen and oxygen atoms in total. The van der Waals surface area contributed by atoms with Crippen LogP contribution in [-0.4, -0.2) is 24.7 Å². The number of ether oxygens (including phenoxy) is 1. The topological polar surface area (TPSA) is 88.2 Å². The molecular formula is C13H15N3O3. The maximum absolute atomic E-state index is 10.8. The molecule has 1 aromatic rings. The van der Waals surface area contributed by atoms with Crippen LogP contribution in [0.15, 0.2) is 30.4 Å². The molecular weight excluding hydrogens is 246 g/mol. The summed E-state index contributed by atoms with van der Waals surface area (Å²) in [6.45, 7) is 7.07. The molecule has 0 amide bonds. The van der Waals surface area contributed by atoms with Crippen molar-refractivity contribution >= 4 is 11.4 Å². The summed E-state index contributed by atoms with van der Waals surface area (Å²) in [5, 5.41) is 22.5. The molecule has 0 aliphatic rings. The zero-order valence-electron chi connectivity index (χ0n) is 10.7. The molecule has 19 heavy (non-hydrogen) atoms. The molecule has 0 heterocycles. The van der Waals surface area contributed by atoms with Crippen LogP contribution < -0.4 is 5.32 Å². The van der Waals surface area contributed by atoms with Gasteiger partial charge in [0.25, 0.3) is 5.69 Å². The van der Waals surface area contributed by atoms with Gasteiger partial charge in [-0.15, -0.1) is 0 Å². The largest absolute Gasteiger partial charge is 0.383 e. The number of nitriles is 1. The Hall–Kier alpha value is -2.39. The molecule has 1 rings (SSSR count). The van der Waals surface area contributed by atoms with Gasteiger partial charge in [-0.25, -0.2) is 0 Å². The second-order valence-electron chi connectivity index (χ2n) is 4.04. The second-order valence-corrected chi connectivity index (χ2v) is 4.04. The number of nitro benzene ring substituents is 1. The van der Waals surface area contributed by atoms with Gasteiger partial charge >= 0.3 is 0 Å². The Morgan fingerprint density at radius 1 is 1.63 bits per heavy atom. The van der Waals surface area contributed by atoms with Crippen molar-refractivity contribution in [3.05, 3.63) is 46.0 Å². The first kappa shape index (κ1) is 14.7. The predicted molar refractivity (Wildman–Crippen MR) is 71.9 cm³/mol. The highest BCUT2D eigenvalue weighted by molar-refractivity contribution is 5.59. The summed E-state index contributed by atoms with van der Waals surface area (Å²) in [4.78, 5) is 10.2. The van der Waals surface area contributed by atoms with Gasteiger partial charge in [0.15, 0.2) is 0 Å². The molecule has 0 aromatic heterocycles. The fourth-order valence-corrected chi connectivity index (χ4v) is 1.40. The quantitative estimate of drug-likeness (QED) is 0.352. The first-order valence-electron chi connectivity index (χ1n) is 5.69. The summed E-state index contributed by atoms with van der Waals surface area (Å²) < 4.78 is 5.29. The van der Waals surface area contributed by atoms with Gasteiger partial charge in [0, 0.05) is 18.3 Å². The van der Waals surface area contributed by atoms with Crippen LogP contribution in [0.1, 0.15) is 12.5 Å². The summed E-state index contributed by atoms with van der Waals surface area (Å²) in [5.41, 5.74) is 1.38. The number of nitro groups is 1. The van der Waals surface area contributed by atoms with E-state index in [1.54, 1.807) is 12.1 Å². The third-order valence-corrected chi connectivity index (χ3v) is 2.24. The highest BCUT2D eigenvalue weighted by atomic mass is 16.6. The Balaban J connectivity index is 2.56. The van der Waals surface area contributed by atoms with Crippen LogP contribution in [0.25, 0.3) is 0 Å². The van der Waals surface area contributed by atoms with Crippen molar-refractivity contribution in [2.24, 2.45) is 0 Å². The van der Waals surface area contributed by atoms with E-state index in [0.717, 1.165) is 5.57 Å². The molecule has 0 spiro atoms. The van der Waals surface area contributed by atoms with E-state index >= 15 is 0 Å². The predicted octanol–water partition coefficient (Wildman–Crippen LogP) is 2.47. The summed E-state index contributed by atoms with van der Waals surface area (Å²) in [6, 6.07) is 6.19. The molecule has 1 N–H and O–H groups in total. The third kappa shape index (κ3) is 4.77. The Morgan fingerprint density at radius 3 is 2.95 bits per heavy atom. The first-order valence-corrected chi connectivity index (χ1v) is 5.69. The molecule has 0 unspecified atom stereocenters. The minimum Gasteiger partial charge on any atom is -0.383 e. The van der Waals surface area contributed by atoms with E-state index in [1.807, 2.05) is 6.92 Å². The van der Waals surface area contributed by atoms with Gasteiger partial charge in [0.1, 0.15) is 11.6 Å². The van der Waals surface area contributed by atoms with E-state index in [0.29, 0.717) is 25.4 Å². The molecule has 0 atom stereocenters. The summed E-state index contributed by atoms with van der Waals surface area (Å²) in [7, 11) is 0. The SMILES string of the molecule is C=C(C)COCCNc1ccc(C#N)c([N+](=O)[O-])c1. The molecule has 0 aliphatic heterocycles. The Morgan fingerprint density at radius 2 is 2.37 bits per heavy atom. The van der Waals surface area contributed by atoms with Gasteiger partial charge in [0.05, 0.1) is 18.1 Å². The Kier molecular flexibility index (Phi) is 5.51. The minimum absolute atomic E-state index is 0.0501. The number of hydrogen-bond acceptors (Lipinski definition) is 5. The zero-order chi connectivity index (χ0) is 14.3. The van der Waals surface area contributed by atoms with Gasteiger partial charge in [-0.3, -0.25) is 10.1 Å². The van der Waals surface area contributed by atoms with E-state index in [1.165, 1.54) is 12.1 Å². The highest BCUT2D eigenvalue weighted by Crippen LogP contribution is 2.22. The average molecular weight is 261 g/mol. The molecule has 1 aromatic carbocycles. The van der Waals surface area contributed by atoms with Gasteiger partial charge in [-0.2, -0.15) is 5.26 Å². The Labute approximate surface area is 111 Å².